The predicted octanol–water partition coefficient (Wildman–Crippen LogP) is 1.24. The summed E-state index contributed by atoms with van der Waals surface area (Å²) in [5.41, 5.74) is 3.29. The van der Waals surface area contributed by atoms with E-state index in [1.165, 1.54) is 0 Å². The molecule has 78 valence electrons. The van der Waals surface area contributed by atoms with E-state index in [0.29, 0.717) is 12.1 Å². The number of aromatic hydroxyl groups is 1. The Balaban J connectivity index is 2.79. The smallest absolute Gasteiger partial charge is 0.187 e. The summed E-state index contributed by atoms with van der Waals surface area (Å²) in [6.07, 6.45) is 0. The van der Waals surface area contributed by atoms with Crippen LogP contribution in [0.25, 0.3) is 0 Å². The Kier molecular flexibility index (Phi) is 3.38. The number of halogens is 2. The summed E-state index contributed by atoms with van der Waals surface area (Å²) in [5, 5.41) is 10.5. The Morgan fingerprint density at radius 3 is 2.21 bits per heavy atom. The van der Waals surface area contributed by atoms with Gasteiger partial charge in [-0.15, -0.1) is 0 Å². The maximum Gasteiger partial charge on any atom is 0.187 e. The minimum Gasteiger partial charge on any atom is -0.503 e. The van der Waals surface area contributed by atoms with Crippen LogP contribution in [0.15, 0.2) is 12.1 Å². The fourth-order valence-electron chi connectivity index (χ4n) is 0.969. The maximum absolute atomic E-state index is 12.8. The largest absolute Gasteiger partial charge is 0.503 e. The first-order valence-corrected chi connectivity index (χ1v) is 4.08. The zero-order valence-corrected chi connectivity index (χ0v) is 8.01. The van der Waals surface area contributed by atoms with Gasteiger partial charge in [0.05, 0.1) is 0 Å². The van der Waals surface area contributed by atoms with Gasteiger partial charge in [-0.3, -0.25) is 10.4 Å². The topological polar surface area (TPSA) is 35.5 Å². The van der Waals surface area contributed by atoms with Gasteiger partial charge in [-0.1, -0.05) is 0 Å². The standard InChI is InChI=1S/C9H12F2N2O/c1-13(2)12-5-6-3-7(10)9(14)8(11)4-6/h3-4,12,14H,5H2,1-2H3. The van der Waals surface area contributed by atoms with Crippen molar-refractivity contribution < 1.29 is 13.9 Å². The molecule has 1 aromatic carbocycles. The molecule has 0 heterocycles. The first-order chi connectivity index (χ1) is 6.50. The molecule has 0 aliphatic rings. The lowest BCUT2D eigenvalue weighted by molar-refractivity contribution is 0.285. The van der Waals surface area contributed by atoms with Gasteiger partial charge in [0.2, 0.25) is 0 Å². The highest BCUT2D eigenvalue weighted by Crippen LogP contribution is 2.21. The summed E-state index contributed by atoms with van der Waals surface area (Å²) in [7, 11) is 3.54. The van der Waals surface area contributed by atoms with Gasteiger partial charge in [-0.05, 0) is 17.7 Å². The van der Waals surface area contributed by atoms with Crippen LogP contribution < -0.4 is 5.43 Å². The van der Waals surface area contributed by atoms with Crippen LogP contribution in [-0.2, 0) is 6.54 Å². The SMILES string of the molecule is CN(C)NCc1cc(F)c(O)c(F)c1. The first kappa shape index (κ1) is 10.9. The third-order valence-electron chi connectivity index (χ3n) is 1.68. The van der Waals surface area contributed by atoms with Crippen LogP contribution in [-0.4, -0.2) is 24.2 Å². The lowest BCUT2D eigenvalue weighted by Gasteiger charge is -2.12. The van der Waals surface area contributed by atoms with Gasteiger partial charge in [0, 0.05) is 20.6 Å². The highest BCUT2D eigenvalue weighted by Gasteiger charge is 2.09. The fraction of sp³-hybridized carbons (Fsp3) is 0.333. The molecule has 0 unspecified atom stereocenters. The molecule has 0 spiro atoms. The van der Waals surface area contributed by atoms with Crippen LogP contribution in [0.3, 0.4) is 0 Å². The van der Waals surface area contributed by atoms with E-state index in [2.05, 4.69) is 5.43 Å². The molecule has 0 atom stereocenters. The van der Waals surface area contributed by atoms with Crippen LogP contribution >= 0.6 is 0 Å². The molecule has 0 fully saturated rings. The number of hydrogen-bond donors (Lipinski definition) is 2. The Hall–Kier alpha value is -1.20. The number of phenols is 1. The molecule has 3 nitrogen and oxygen atoms in total. The van der Waals surface area contributed by atoms with E-state index in [-0.39, 0.29) is 0 Å². The number of nitrogens with one attached hydrogen (secondary N) is 1. The molecule has 0 aliphatic carbocycles. The number of nitrogens with zero attached hydrogens (tertiary/aromatic N) is 1. The maximum atomic E-state index is 12.8. The van der Waals surface area contributed by atoms with Crippen molar-refractivity contribution in [3.8, 4) is 5.75 Å². The van der Waals surface area contributed by atoms with E-state index in [9.17, 15) is 8.78 Å². The molecular formula is C9H12F2N2O. The molecule has 2 N–H and O–H groups in total. The van der Waals surface area contributed by atoms with Crippen LogP contribution in [0.4, 0.5) is 8.78 Å². The molecule has 0 saturated heterocycles. The molecule has 0 bridgehead atoms. The molecule has 0 aliphatic heterocycles. The van der Waals surface area contributed by atoms with E-state index in [0.717, 1.165) is 12.1 Å². The van der Waals surface area contributed by atoms with Crippen molar-refractivity contribution in [2.75, 3.05) is 14.1 Å². The zero-order valence-electron chi connectivity index (χ0n) is 8.01. The fourth-order valence-corrected chi connectivity index (χ4v) is 0.969. The molecule has 14 heavy (non-hydrogen) atoms. The van der Waals surface area contributed by atoms with Gasteiger partial charge in [0.1, 0.15) is 0 Å². The molecule has 5 heteroatoms. The van der Waals surface area contributed by atoms with Crippen molar-refractivity contribution >= 4 is 0 Å². The summed E-state index contributed by atoms with van der Waals surface area (Å²) in [6, 6.07) is 2.18. The van der Waals surface area contributed by atoms with Gasteiger partial charge in [0.15, 0.2) is 17.4 Å². The Bertz CT molecular complexity index is 306. The number of hydrogen-bond acceptors (Lipinski definition) is 3. The number of hydrazine groups is 1. The molecule has 0 aromatic heterocycles. The van der Waals surface area contributed by atoms with Crippen LogP contribution in [0.5, 0.6) is 5.75 Å². The van der Waals surface area contributed by atoms with Crippen molar-refractivity contribution in [2.45, 2.75) is 6.54 Å². The summed E-state index contributed by atoms with van der Waals surface area (Å²) in [4.78, 5) is 0. The molecular weight excluding hydrogens is 190 g/mol. The van der Waals surface area contributed by atoms with Crippen LogP contribution in [0.1, 0.15) is 5.56 Å². The Morgan fingerprint density at radius 1 is 1.29 bits per heavy atom. The van der Waals surface area contributed by atoms with Crippen LogP contribution in [0, 0.1) is 11.6 Å². The number of phenolic OH excluding ortho intramolecular Hbond substituents is 1. The van der Waals surface area contributed by atoms with Gasteiger partial charge < -0.3 is 5.11 Å². The normalized spacial score (nSPS) is 10.9. The average molecular weight is 202 g/mol. The third kappa shape index (κ3) is 2.65. The van der Waals surface area contributed by atoms with Gasteiger partial charge in [0.25, 0.3) is 0 Å². The Morgan fingerprint density at radius 2 is 1.79 bits per heavy atom. The minimum absolute atomic E-state index is 0.307. The van der Waals surface area contributed by atoms with E-state index < -0.39 is 17.4 Å². The van der Waals surface area contributed by atoms with E-state index >= 15 is 0 Å². The summed E-state index contributed by atoms with van der Waals surface area (Å²) in [5.74, 6) is -2.82. The second-order valence-corrected chi connectivity index (χ2v) is 3.14. The number of rotatable bonds is 3. The van der Waals surface area contributed by atoms with Gasteiger partial charge in [-0.25, -0.2) is 8.78 Å². The van der Waals surface area contributed by atoms with Gasteiger partial charge >= 0.3 is 0 Å². The number of benzene rings is 1. The monoisotopic (exact) mass is 202 g/mol. The van der Waals surface area contributed by atoms with Gasteiger partial charge in [-0.2, -0.15) is 0 Å². The highest BCUT2D eigenvalue weighted by atomic mass is 19.1. The summed E-state index contributed by atoms with van der Waals surface area (Å²) >= 11 is 0. The molecule has 1 rings (SSSR count). The van der Waals surface area contributed by atoms with Crippen molar-refractivity contribution in [3.63, 3.8) is 0 Å². The highest BCUT2D eigenvalue weighted by molar-refractivity contribution is 5.29. The summed E-state index contributed by atoms with van der Waals surface area (Å²) in [6.45, 7) is 0.307. The van der Waals surface area contributed by atoms with E-state index in [4.69, 9.17) is 5.11 Å². The zero-order chi connectivity index (χ0) is 10.7. The summed E-state index contributed by atoms with van der Waals surface area (Å²) < 4.78 is 25.7. The average Bonchev–Trinajstić information content (AvgIpc) is 2.10. The molecule has 0 amide bonds. The lowest BCUT2D eigenvalue weighted by atomic mass is 10.2. The predicted molar refractivity (Wildman–Crippen MR) is 48.5 cm³/mol. The molecule has 1 aromatic rings. The second-order valence-electron chi connectivity index (χ2n) is 3.14. The van der Waals surface area contributed by atoms with Crippen molar-refractivity contribution in [2.24, 2.45) is 0 Å². The van der Waals surface area contributed by atoms with Crippen molar-refractivity contribution in [3.05, 3.63) is 29.3 Å². The molecule has 0 radical (unpaired) electrons. The van der Waals surface area contributed by atoms with Crippen LogP contribution in [0.2, 0.25) is 0 Å². The van der Waals surface area contributed by atoms with E-state index in [1.807, 2.05) is 0 Å². The second kappa shape index (κ2) is 4.34. The van der Waals surface area contributed by atoms with Crippen molar-refractivity contribution in [1.29, 1.82) is 0 Å². The Labute approximate surface area is 80.9 Å². The molecule has 0 saturated carbocycles. The quantitative estimate of drug-likeness (QED) is 0.724. The minimum atomic E-state index is -0.944. The first-order valence-electron chi connectivity index (χ1n) is 4.08. The lowest BCUT2D eigenvalue weighted by Crippen LogP contribution is -2.29. The van der Waals surface area contributed by atoms with E-state index in [1.54, 1.807) is 19.1 Å². The third-order valence-corrected chi connectivity index (χ3v) is 1.68. The van der Waals surface area contributed by atoms with Crippen molar-refractivity contribution in [1.82, 2.24) is 10.4 Å².